The summed E-state index contributed by atoms with van der Waals surface area (Å²) >= 11 is 7.53. The van der Waals surface area contributed by atoms with Gasteiger partial charge in [-0.05, 0) is 108 Å². The van der Waals surface area contributed by atoms with Gasteiger partial charge >= 0.3 is 5.97 Å². The third-order valence-electron chi connectivity index (χ3n) is 7.48. The summed E-state index contributed by atoms with van der Waals surface area (Å²) in [6.45, 7) is 15.2. The second-order valence-electron chi connectivity index (χ2n) is 12.3. The lowest BCUT2D eigenvalue weighted by atomic mass is 9.96. The van der Waals surface area contributed by atoms with E-state index in [1.807, 2.05) is 53.7 Å². The lowest BCUT2D eigenvalue weighted by molar-refractivity contribution is -0.161. The van der Waals surface area contributed by atoms with Crippen LogP contribution in [0.2, 0.25) is 5.02 Å². The third-order valence-corrected chi connectivity index (χ3v) is 8.78. The minimum absolute atomic E-state index is 0.0400. The van der Waals surface area contributed by atoms with Crippen LogP contribution in [0.25, 0.3) is 10.6 Å². The normalized spacial score (nSPS) is 14.5. The number of hydrogen-bond acceptors (Lipinski definition) is 8. The first kappa shape index (κ1) is 33.8. The molecule has 238 valence electrons. The summed E-state index contributed by atoms with van der Waals surface area (Å²) in [5.74, 6) is -0.131. The zero-order valence-electron chi connectivity index (χ0n) is 26.4. The number of piperidine rings is 1. The highest BCUT2D eigenvalue weighted by Crippen LogP contribution is 2.35. The molecule has 0 atom stereocenters. The van der Waals surface area contributed by atoms with Gasteiger partial charge in [-0.25, -0.2) is 4.39 Å². The van der Waals surface area contributed by atoms with E-state index < -0.39 is 11.4 Å². The molecule has 0 bridgehead atoms. The Kier molecular flexibility index (Phi) is 11.4. The molecular weight excluding hydrogens is 603 g/mol. The molecule has 1 aliphatic rings. The summed E-state index contributed by atoms with van der Waals surface area (Å²) < 4.78 is 25.4. The van der Waals surface area contributed by atoms with Crippen molar-refractivity contribution in [2.24, 2.45) is 5.92 Å². The van der Waals surface area contributed by atoms with E-state index in [-0.39, 0.29) is 28.4 Å². The fraction of sp³-hybridized carbons (Fsp3) is 0.515. The van der Waals surface area contributed by atoms with Gasteiger partial charge in [0.15, 0.2) is 0 Å². The van der Waals surface area contributed by atoms with Gasteiger partial charge in [-0.1, -0.05) is 36.3 Å². The first-order chi connectivity index (χ1) is 20.9. The highest BCUT2D eigenvalue weighted by atomic mass is 35.5. The van der Waals surface area contributed by atoms with Gasteiger partial charge in [-0.3, -0.25) is 19.4 Å². The van der Waals surface area contributed by atoms with E-state index in [1.165, 1.54) is 23.5 Å². The van der Waals surface area contributed by atoms with Crippen LogP contribution < -0.4 is 9.64 Å². The summed E-state index contributed by atoms with van der Waals surface area (Å²) in [6.07, 6.45) is 3.25. The number of esters is 1. The maximum atomic E-state index is 13.6. The fourth-order valence-electron chi connectivity index (χ4n) is 5.21. The Morgan fingerprint density at radius 1 is 1.11 bits per heavy atom. The molecule has 8 nitrogen and oxygen atoms in total. The lowest BCUT2D eigenvalue weighted by Gasteiger charge is -2.32. The number of unbranched alkanes of at least 4 members (excludes halogenated alkanes) is 1. The van der Waals surface area contributed by atoms with Crippen molar-refractivity contribution in [3.05, 3.63) is 57.9 Å². The fourth-order valence-corrected chi connectivity index (χ4v) is 6.31. The maximum absolute atomic E-state index is 13.6. The summed E-state index contributed by atoms with van der Waals surface area (Å²) in [6, 6.07) is 7.81. The van der Waals surface area contributed by atoms with Crippen molar-refractivity contribution >= 4 is 39.9 Å². The zero-order chi connectivity index (χ0) is 32.0. The van der Waals surface area contributed by atoms with Crippen LogP contribution in [0.5, 0.6) is 5.75 Å². The smallest absolute Gasteiger partial charge is 0.309 e. The van der Waals surface area contributed by atoms with E-state index >= 15 is 0 Å². The van der Waals surface area contributed by atoms with Crippen LogP contribution in [0.15, 0.2) is 30.3 Å². The minimum atomic E-state index is -0.497. The molecule has 1 fully saturated rings. The highest BCUT2D eigenvalue weighted by molar-refractivity contribution is 7.18. The third kappa shape index (κ3) is 8.76. The summed E-state index contributed by atoms with van der Waals surface area (Å²) in [7, 11) is 0. The van der Waals surface area contributed by atoms with Crippen molar-refractivity contribution < 1.29 is 23.5 Å². The number of benzene rings is 2. The van der Waals surface area contributed by atoms with Crippen molar-refractivity contribution in [3.8, 4) is 16.3 Å². The zero-order valence-corrected chi connectivity index (χ0v) is 28.0. The van der Waals surface area contributed by atoms with Crippen LogP contribution in [-0.4, -0.2) is 65.4 Å². The maximum Gasteiger partial charge on any atom is 0.309 e. The average molecular weight is 645 g/mol. The van der Waals surface area contributed by atoms with Crippen LogP contribution >= 0.6 is 22.9 Å². The van der Waals surface area contributed by atoms with Gasteiger partial charge in [0.25, 0.3) is 5.91 Å². The number of nitrogens with zero attached hydrogens (tertiary/aromatic N) is 4. The number of ether oxygens (including phenoxy) is 2. The Labute approximate surface area is 268 Å². The Morgan fingerprint density at radius 2 is 1.80 bits per heavy atom. The number of carbonyl (C=O) groups is 2. The molecule has 1 amide bonds. The Morgan fingerprint density at radius 3 is 2.41 bits per heavy atom. The number of anilines is 1. The standard InChI is InChI=1S/C33H42ClFN4O4S/c1-7-8-13-39(30(40)26-10-9-25(35)20-27(26)34)32-37-36-29(44-32)24-18-21(2)28(22(3)19-24)42-17-16-38-14-11-23(12-15-38)31(41)43-33(4,5)6/h9-10,18-20,23H,7-8,11-17H2,1-6H3. The number of carbonyl (C=O) groups excluding carboxylic acids is 2. The molecule has 0 saturated carbocycles. The predicted octanol–water partition coefficient (Wildman–Crippen LogP) is 7.49. The van der Waals surface area contributed by atoms with Gasteiger partial charge < -0.3 is 9.47 Å². The number of likely N-dealkylation sites (tertiary alicyclic amines) is 1. The van der Waals surface area contributed by atoms with Gasteiger partial charge in [0.1, 0.15) is 28.8 Å². The molecule has 1 aliphatic heterocycles. The van der Waals surface area contributed by atoms with Crippen molar-refractivity contribution in [2.45, 2.75) is 72.8 Å². The van der Waals surface area contributed by atoms with E-state index in [0.29, 0.717) is 23.3 Å². The first-order valence-corrected chi connectivity index (χ1v) is 16.4. The van der Waals surface area contributed by atoms with Crippen molar-refractivity contribution in [1.82, 2.24) is 15.1 Å². The molecule has 4 rings (SSSR count). The van der Waals surface area contributed by atoms with E-state index in [4.69, 9.17) is 21.1 Å². The van der Waals surface area contributed by atoms with Gasteiger partial charge in [0.2, 0.25) is 5.13 Å². The molecule has 0 radical (unpaired) electrons. The van der Waals surface area contributed by atoms with Crippen LogP contribution in [0.3, 0.4) is 0 Å². The first-order valence-electron chi connectivity index (χ1n) is 15.2. The molecule has 2 aromatic carbocycles. The Balaban J connectivity index is 1.38. The molecule has 0 N–H and O–H groups in total. The summed E-state index contributed by atoms with van der Waals surface area (Å²) in [5, 5.41) is 9.96. The van der Waals surface area contributed by atoms with Crippen LogP contribution in [0.1, 0.15) is 74.9 Å². The average Bonchev–Trinajstić information content (AvgIpc) is 3.44. The number of halogens is 2. The number of aryl methyl sites for hydroxylation is 2. The van der Waals surface area contributed by atoms with Crippen molar-refractivity contribution in [2.75, 3.05) is 37.7 Å². The molecule has 44 heavy (non-hydrogen) atoms. The monoisotopic (exact) mass is 644 g/mol. The van der Waals surface area contributed by atoms with E-state index in [2.05, 4.69) is 15.1 Å². The molecule has 11 heteroatoms. The molecular formula is C33H42ClFN4O4S. The predicted molar refractivity (Wildman–Crippen MR) is 173 cm³/mol. The summed E-state index contributed by atoms with van der Waals surface area (Å²) in [5.41, 5.74) is 2.62. The molecule has 0 aliphatic carbocycles. The van der Waals surface area contributed by atoms with Crippen LogP contribution in [0, 0.1) is 25.6 Å². The van der Waals surface area contributed by atoms with Gasteiger partial charge in [0.05, 0.1) is 16.5 Å². The topological polar surface area (TPSA) is 84.9 Å². The van der Waals surface area contributed by atoms with Gasteiger partial charge in [-0.2, -0.15) is 0 Å². The van der Waals surface area contributed by atoms with Crippen molar-refractivity contribution in [3.63, 3.8) is 0 Å². The number of amides is 1. The Bertz CT molecular complexity index is 1440. The van der Waals surface area contributed by atoms with Crippen LogP contribution in [-0.2, 0) is 9.53 Å². The number of aromatic nitrogens is 2. The molecule has 1 aromatic heterocycles. The van der Waals surface area contributed by atoms with E-state index in [9.17, 15) is 14.0 Å². The SMILES string of the molecule is CCCCN(C(=O)c1ccc(F)cc1Cl)c1nnc(-c2cc(C)c(OCCN3CCC(C(=O)OC(C)(C)C)CC3)c(C)c2)s1. The molecule has 1 saturated heterocycles. The molecule has 0 spiro atoms. The largest absolute Gasteiger partial charge is 0.492 e. The number of rotatable bonds is 11. The minimum Gasteiger partial charge on any atom is -0.492 e. The lowest BCUT2D eigenvalue weighted by Crippen LogP contribution is -2.40. The quantitative estimate of drug-likeness (QED) is 0.200. The Hall–Kier alpha value is -3.08. The molecule has 2 heterocycles. The van der Waals surface area contributed by atoms with Crippen LogP contribution in [0.4, 0.5) is 9.52 Å². The highest BCUT2D eigenvalue weighted by Gasteiger charge is 2.29. The second-order valence-corrected chi connectivity index (χ2v) is 13.6. The molecule has 3 aromatic rings. The van der Waals surface area contributed by atoms with E-state index in [0.717, 1.165) is 73.8 Å². The van der Waals surface area contributed by atoms with Gasteiger partial charge in [-0.15, -0.1) is 10.2 Å². The molecule has 0 unspecified atom stereocenters. The van der Waals surface area contributed by atoms with Crippen molar-refractivity contribution in [1.29, 1.82) is 0 Å². The van der Waals surface area contributed by atoms with E-state index in [1.54, 1.807) is 4.90 Å². The second kappa shape index (κ2) is 14.8. The van der Waals surface area contributed by atoms with Gasteiger partial charge in [0, 0.05) is 18.7 Å². The number of hydrogen-bond donors (Lipinski definition) is 0. The summed E-state index contributed by atoms with van der Waals surface area (Å²) in [4.78, 5) is 29.7.